The Kier molecular flexibility index (Phi) is 7.19. The number of anilines is 1. The lowest BCUT2D eigenvalue weighted by Crippen LogP contribution is -2.35. The molecule has 1 heterocycles. The average molecular weight is 312 g/mol. The number of hydrogen-bond acceptors (Lipinski definition) is 3. The number of likely N-dealkylation sites (tertiary alicyclic amines) is 1. The van der Waals surface area contributed by atoms with Crippen LogP contribution in [0.5, 0.6) is 0 Å². The van der Waals surface area contributed by atoms with Crippen molar-refractivity contribution in [2.24, 2.45) is 0 Å². The van der Waals surface area contributed by atoms with Gasteiger partial charge in [0.2, 0.25) is 5.91 Å². The molecule has 21 heavy (non-hydrogen) atoms. The molecule has 0 aromatic heterocycles. The minimum Gasteiger partial charge on any atom is -0.339 e. The largest absolute Gasteiger partial charge is 0.339 e. The summed E-state index contributed by atoms with van der Waals surface area (Å²) < 4.78 is 0. The molecule has 0 aliphatic carbocycles. The maximum atomic E-state index is 12.4. The van der Waals surface area contributed by atoms with Crippen LogP contribution in [-0.4, -0.2) is 43.4 Å². The van der Waals surface area contributed by atoms with Gasteiger partial charge in [-0.25, -0.2) is 0 Å². The van der Waals surface area contributed by atoms with Crippen molar-refractivity contribution in [1.29, 1.82) is 0 Å². The highest BCUT2D eigenvalue weighted by Gasteiger charge is 2.18. The summed E-state index contributed by atoms with van der Waals surface area (Å²) >= 11 is 0. The predicted molar refractivity (Wildman–Crippen MR) is 86.0 cm³/mol. The van der Waals surface area contributed by atoms with Crippen molar-refractivity contribution in [2.45, 2.75) is 19.3 Å². The molecule has 0 bridgehead atoms. The van der Waals surface area contributed by atoms with Crippen molar-refractivity contribution in [2.75, 3.05) is 32.0 Å². The Balaban J connectivity index is 0.00000220. The maximum Gasteiger partial charge on any atom is 0.253 e. The summed E-state index contributed by atoms with van der Waals surface area (Å²) in [6.07, 6.45) is 3.35. The second kappa shape index (κ2) is 8.64. The van der Waals surface area contributed by atoms with Crippen LogP contribution in [0.25, 0.3) is 0 Å². The third kappa shape index (κ3) is 5.02. The number of rotatable bonds is 4. The molecule has 2 rings (SSSR count). The number of hydrogen-bond donors (Lipinski definition) is 2. The van der Waals surface area contributed by atoms with Gasteiger partial charge in [0.05, 0.1) is 6.54 Å². The van der Waals surface area contributed by atoms with Crippen LogP contribution in [0.4, 0.5) is 5.69 Å². The monoisotopic (exact) mass is 311 g/mol. The minimum absolute atomic E-state index is 0. The highest BCUT2D eigenvalue weighted by atomic mass is 35.5. The molecule has 0 spiro atoms. The Morgan fingerprint density at radius 1 is 1.19 bits per heavy atom. The van der Waals surface area contributed by atoms with Crippen molar-refractivity contribution in [3.8, 4) is 0 Å². The topological polar surface area (TPSA) is 61.4 Å². The van der Waals surface area contributed by atoms with Crippen LogP contribution in [0.15, 0.2) is 24.3 Å². The van der Waals surface area contributed by atoms with E-state index >= 15 is 0 Å². The van der Waals surface area contributed by atoms with Gasteiger partial charge in [0.15, 0.2) is 0 Å². The fourth-order valence-corrected chi connectivity index (χ4v) is 2.38. The van der Waals surface area contributed by atoms with Crippen molar-refractivity contribution in [3.63, 3.8) is 0 Å². The van der Waals surface area contributed by atoms with Crippen LogP contribution in [0.1, 0.15) is 29.6 Å². The van der Waals surface area contributed by atoms with Crippen LogP contribution >= 0.6 is 12.4 Å². The van der Waals surface area contributed by atoms with Gasteiger partial charge in [-0.05, 0) is 44.5 Å². The van der Waals surface area contributed by atoms with Gasteiger partial charge in [0.1, 0.15) is 0 Å². The summed E-state index contributed by atoms with van der Waals surface area (Å²) in [5.41, 5.74) is 1.29. The molecule has 1 aromatic carbocycles. The lowest BCUT2D eigenvalue weighted by atomic mass is 10.1. The van der Waals surface area contributed by atoms with E-state index in [1.807, 2.05) is 4.90 Å². The quantitative estimate of drug-likeness (QED) is 0.892. The zero-order chi connectivity index (χ0) is 14.4. The number of likely N-dealkylation sites (N-methyl/N-ethyl adjacent to an activating group) is 1. The molecule has 1 saturated heterocycles. The van der Waals surface area contributed by atoms with E-state index in [0.717, 1.165) is 25.9 Å². The average Bonchev–Trinajstić information content (AvgIpc) is 2.48. The molecule has 1 fully saturated rings. The molecule has 6 heteroatoms. The number of nitrogens with zero attached hydrogens (tertiary/aromatic N) is 1. The fraction of sp³-hybridized carbons (Fsp3) is 0.467. The van der Waals surface area contributed by atoms with Crippen molar-refractivity contribution in [1.82, 2.24) is 10.2 Å². The highest BCUT2D eigenvalue weighted by molar-refractivity contribution is 5.97. The van der Waals surface area contributed by atoms with Crippen molar-refractivity contribution < 1.29 is 9.59 Å². The van der Waals surface area contributed by atoms with Crippen LogP contribution < -0.4 is 10.6 Å². The molecule has 2 N–H and O–H groups in total. The van der Waals surface area contributed by atoms with Gasteiger partial charge in [0.25, 0.3) is 5.91 Å². The Bertz CT molecular complexity index is 488. The number of halogens is 1. The van der Waals surface area contributed by atoms with E-state index in [9.17, 15) is 9.59 Å². The van der Waals surface area contributed by atoms with Crippen LogP contribution in [0.3, 0.4) is 0 Å². The number of piperidine rings is 1. The van der Waals surface area contributed by atoms with E-state index in [1.165, 1.54) is 6.42 Å². The first kappa shape index (κ1) is 17.5. The molecule has 116 valence electrons. The zero-order valence-corrected chi connectivity index (χ0v) is 13.0. The van der Waals surface area contributed by atoms with E-state index in [2.05, 4.69) is 10.6 Å². The molecule has 1 aliphatic rings. The third-order valence-corrected chi connectivity index (χ3v) is 3.37. The van der Waals surface area contributed by atoms with Gasteiger partial charge in [-0.15, -0.1) is 12.4 Å². The first-order valence-corrected chi connectivity index (χ1v) is 7.04. The van der Waals surface area contributed by atoms with E-state index in [1.54, 1.807) is 31.3 Å². The van der Waals surface area contributed by atoms with E-state index in [4.69, 9.17) is 0 Å². The Morgan fingerprint density at radius 2 is 1.90 bits per heavy atom. The molecule has 0 saturated carbocycles. The highest BCUT2D eigenvalue weighted by Crippen LogP contribution is 2.16. The molecule has 0 radical (unpaired) electrons. The van der Waals surface area contributed by atoms with E-state index in [-0.39, 0.29) is 30.8 Å². The maximum absolute atomic E-state index is 12.4. The zero-order valence-electron chi connectivity index (χ0n) is 12.2. The predicted octanol–water partition coefficient (Wildman–Crippen LogP) is 1.89. The lowest BCUT2D eigenvalue weighted by molar-refractivity contribution is -0.115. The smallest absolute Gasteiger partial charge is 0.253 e. The van der Waals surface area contributed by atoms with Gasteiger partial charge >= 0.3 is 0 Å². The molecule has 0 atom stereocenters. The fourth-order valence-electron chi connectivity index (χ4n) is 2.38. The number of carbonyl (C=O) groups excluding carboxylic acids is 2. The van der Waals surface area contributed by atoms with Crippen LogP contribution in [-0.2, 0) is 4.79 Å². The standard InChI is InChI=1S/C15H21N3O2.ClH/c1-16-11-14(19)17-13-7-5-6-12(10-13)15(20)18-8-3-2-4-9-18;/h5-7,10,16H,2-4,8-9,11H2,1H3,(H,17,19);1H. The summed E-state index contributed by atoms with van der Waals surface area (Å²) in [7, 11) is 1.72. The summed E-state index contributed by atoms with van der Waals surface area (Å²) in [5, 5.41) is 5.56. The minimum atomic E-state index is -0.116. The van der Waals surface area contributed by atoms with Crippen LogP contribution in [0, 0.1) is 0 Å². The SMILES string of the molecule is CNCC(=O)Nc1cccc(C(=O)N2CCCCC2)c1.Cl. The molecule has 5 nitrogen and oxygen atoms in total. The normalized spacial score (nSPS) is 14.2. The Hall–Kier alpha value is -1.59. The van der Waals surface area contributed by atoms with Gasteiger partial charge in [-0.1, -0.05) is 6.07 Å². The Morgan fingerprint density at radius 3 is 2.57 bits per heavy atom. The number of benzene rings is 1. The summed E-state index contributed by atoms with van der Waals surface area (Å²) in [6.45, 7) is 1.91. The van der Waals surface area contributed by atoms with Crippen molar-refractivity contribution >= 4 is 29.9 Å². The Labute approximate surface area is 131 Å². The second-order valence-electron chi connectivity index (χ2n) is 5.01. The van der Waals surface area contributed by atoms with E-state index in [0.29, 0.717) is 11.3 Å². The molecule has 1 aliphatic heterocycles. The van der Waals surface area contributed by atoms with Crippen LogP contribution in [0.2, 0.25) is 0 Å². The van der Waals surface area contributed by atoms with Gasteiger partial charge < -0.3 is 15.5 Å². The number of carbonyl (C=O) groups is 2. The molecule has 2 amide bonds. The lowest BCUT2D eigenvalue weighted by Gasteiger charge is -2.26. The van der Waals surface area contributed by atoms with Gasteiger partial charge in [0, 0.05) is 24.3 Å². The third-order valence-electron chi connectivity index (χ3n) is 3.37. The molecule has 0 unspecified atom stereocenters. The summed E-state index contributed by atoms with van der Waals surface area (Å²) in [6, 6.07) is 7.13. The summed E-state index contributed by atoms with van der Waals surface area (Å²) in [5.74, 6) is -0.0653. The van der Waals surface area contributed by atoms with Gasteiger partial charge in [-0.2, -0.15) is 0 Å². The second-order valence-corrected chi connectivity index (χ2v) is 5.01. The summed E-state index contributed by atoms with van der Waals surface area (Å²) in [4.78, 5) is 25.8. The first-order chi connectivity index (χ1) is 9.70. The van der Waals surface area contributed by atoms with Crippen molar-refractivity contribution in [3.05, 3.63) is 29.8 Å². The molecule has 1 aromatic rings. The molecular weight excluding hydrogens is 290 g/mol. The molecular formula is C15H22ClN3O2. The van der Waals surface area contributed by atoms with E-state index < -0.39 is 0 Å². The first-order valence-electron chi connectivity index (χ1n) is 7.04. The van der Waals surface area contributed by atoms with Gasteiger partial charge in [-0.3, -0.25) is 9.59 Å². The number of nitrogens with one attached hydrogen (secondary N) is 2. The number of amides is 2.